The first-order valence-electron chi connectivity index (χ1n) is 12.9. The van der Waals surface area contributed by atoms with Crippen LogP contribution in [0.15, 0.2) is 55.0 Å². The van der Waals surface area contributed by atoms with Crippen molar-refractivity contribution < 1.29 is 14.0 Å². The SMILES string of the molecule is CC(=O)c1ccc(-c2nccc3[nH]c(-c4n[nH]c5ccc(-c6cncc(NC(=O)C7CCC7)c6)c(F)c45)nc23)s1. The smallest absolute Gasteiger partial charge is 0.227 e. The Bertz CT molecular complexity index is 1950. The molecule has 0 spiro atoms. The lowest BCUT2D eigenvalue weighted by Gasteiger charge is -2.24. The highest BCUT2D eigenvalue weighted by atomic mass is 32.1. The predicted octanol–water partition coefficient (Wildman–Crippen LogP) is 6.37. The van der Waals surface area contributed by atoms with Crippen LogP contribution in [0.25, 0.3) is 55.2 Å². The quantitative estimate of drug-likeness (QED) is 0.206. The first-order valence-corrected chi connectivity index (χ1v) is 13.7. The number of halogens is 1. The van der Waals surface area contributed by atoms with Crippen LogP contribution in [0.2, 0.25) is 0 Å². The van der Waals surface area contributed by atoms with Gasteiger partial charge in [0.1, 0.15) is 22.7 Å². The van der Waals surface area contributed by atoms with Crippen LogP contribution in [-0.4, -0.2) is 41.8 Å². The summed E-state index contributed by atoms with van der Waals surface area (Å²) in [5.74, 6) is -0.108. The second kappa shape index (κ2) is 9.45. The third kappa shape index (κ3) is 4.06. The highest BCUT2D eigenvalue weighted by Crippen LogP contribution is 2.37. The number of imidazole rings is 1. The number of benzene rings is 1. The minimum absolute atomic E-state index is 0.0121. The van der Waals surface area contributed by atoms with Crippen LogP contribution in [0.1, 0.15) is 35.9 Å². The number of carbonyl (C=O) groups is 2. The van der Waals surface area contributed by atoms with Crippen molar-refractivity contribution in [1.82, 2.24) is 30.1 Å². The molecule has 6 aromatic rings. The third-order valence-electron chi connectivity index (χ3n) is 7.27. The van der Waals surface area contributed by atoms with Crippen molar-refractivity contribution in [3.63, 3.8) is 0 Å². The predicted molar refractivity (Wildman–Crippen MR) is 151 cm³/mol. The second-order valence-electron chi connectivity index (χ2n) is 9.86. The van der Waals surface area contributed by atoms with Crippen LogP contribution in [0.3, 0.4) is 0 Å². The van der Waals surface area contributed by atoms with E-state index in [4.69, 9.17) is 4.98 Å². The van der Waals surface area contributed by atoms with Gasteiger partial charge in [0.25, 0.3) is 0 Å². The molecule has 0 radical (unpaired) electrons. The number of amides is 1. The molecule has 3 N–H and O–H groups in total. The van der Waals surface area contributed by atoms with Gasteiger partial charge in [-0.2, -0.15) is 5.10 Å². The summed E-state index contributed by atoms with van der Waals surface area (Å²) in [7, 11) is 0. The molecule has 0 bridgehead atoms. The average molecular weight is 552 g/mol. The second-order valence-corrected chi connectivity index (χ2v) is 10.9. The monoisotopic (exact) mass is 551 g/mol. The fraction of sp³-hybridized carbons (Fsp3) is 0.172. The average Bonchev–Trinajstić information content (AvgIpc) is 3.65. The number of nitrogens with one attached hydrogen (secondary N) is 3. The number of aromatic nitrogens is 6. The maximum atomic E-state index is 16.1. The summed E-state index contributed by atoms with van der Waals surface area (Å²) in [5, 5.41) is 10.5. The number of anilines is 1. The van der Waals surface area contributed by atoms with E-state index in [1.807, 2.05) is 6.07 Å². The Balaban J connectivity index is 1.28. The molecule has 1 aliphatic rings. The molecule has 0 unspecified atom stereocenters. The van der Waals surface area contributed by atoms with Crippen molar-refractivity contribution in [2.24, 2.45) is 5.92 Å². The minimum Gasteiger partial charge on any atom is -0.336 e. The number of nitrogens with zero attached hydrogens (tertiary/aromatic N) is 4. The van der Waals surface area contributed by atoms with Crippen LogP contribution < -0.4 is 5.32 Å². The molecule has 5 heterocycles. The summed E-state index contributed by atoms with van der Waals surface area (Å²) in [6.07, 6.45) is 7.63. The van der Waals surface area contributed by atoms with Gasteiger partial charge in [-0.05, 0) is 56.2 Å². The molecule has 5 aromatic heterocycles. The van der Waals surface area contributed by atoms with E-state index in [9.17, 15) is 9.59 Å². The Kier molecular flexibility index (Phi) is 5.74. The normalized spacial score (nSPS) is 13.6. The number of aromatic amines is 2. The Morgan fingerprint density at radius 2 is 1.95 bits per heavy atom. The Hall–Kier alpha value is -4.77. The molecule has 0 aliphatic heterocycles. The van der Waals surface area contributed by atoms with Crippen molar-refractivity contribution >= 4 is 50.7 Å². The molecule has 1 aromatic carbocycles. The Morgan fingerprint density at radius 1 is 1.07 bits per heavy atom. The van der Waals surface area contributed by atoms with Crippen LogP contribution in [0.5, 0.6) is 0 Å². The first kappa shape index (κ1) is 24.3. The summed E-state index contributed by atoms with van der Waals surface area (Å²) in [5.41, 5.74) is 4.18. The number of carbonyl (C=O) groups excluding carboxylic acids is 2. The van der Waals surface area contributed by atoms with Gasteiger partial charge < -0.3 is 10.3 Å². The molecule has 1 amide bonds. The number of H-pyrrole nitrogens is 2. The van der Waals surface area contributed by atoms with Gasteiger partial charge in [0.15, 0.2) is 11.6 Å². The zero-order valence-electron chi connectivity index (χ0n) is 21.3. The van der Waals surface area contributed by atoms with E-state index in [2.05, 4.69) is 30.5 Å². The van der Waals surface area contributed by atoms with E-state index in [0.29, 0.717) is 55.5 Å². The van der Waals surface area contributed by atoms with Crippen molar-refractivity contribution in [3.05, 3.63) is 65.7 Å². The molecular formula is C29H22FN7O2S. The van der Waals surface area contributed by atoms with E-state index < -0.39 is 5.82 Å². The third-order valence-corrected chi connectivity index (χ3v) is 8.46. The summed E-state index contributed by atoms with van der Waals surface area (Å²) < 4.78 is 16.1. The highest BCUT2D eigenvalue weighted by Gasteiger charge is 2.26. The summed E-state index contributed by atoms with van der Waals surface area (Å²) in [4.78, 5) is 42.4. The van der Waals surface area contributed by atoms with E-state index in [1.54, 1.807) is 48.9 Å². The van der Waals surface area contributed by atoms with Gasteiger partial charge >= 0.3 is 0 Å². The van der Waals surface area contributed by atoms with Crippen molar-refractivity contribution in [3.8, 4) is 33.2 Å². The number of rotatable bonds is 6. The van der Waals surface area contributed by atoms with Crippen LogP contribution >= 0.6 is 11.3 Å². The van der Waals surface area contributed by atoms with Gasteiger partial charge in [0, 0.05) is 29.4 Å². The van der Waals surface area contributed by atoms with Crippen LogP contribution in [-0.2, 0) is 4.79 Å². The van der Waals surface area contributed by atoms with Crippen molar-refractivity contribution in [2.45, 2.75) is 26.2 Å². The molecule has 0 saturated heterocycles. The molecule has 11 heteroatoms. The van der Waals surface area contributed by atoms with Gasteiger partial charge in [-0.1, -0.05) is 6.42 Å². The molecule has 9 nitrogen and oxygen atoms in total. The van der Waals surface area contributed by atoms with Gasteiger partial charge in [0.05, 0.1) is 38.1 Å². The van der Waals surface area contributed by atoms with E-state index in [1.165, 1.54) is 18.3 Å². The molecule has 40 heavy (non-hydrogen) atoms. The Labute approximate surface area is 230 Å². The largest absolute Gasteiger partial charge is 0.336 e. The molecule has 198 valence electrons. The molecule has 1 aliphatic carbocycles. The van der Waals surface area contributed by atoms with E-state index >= 15 is 4.39 Å². The maximum Gasteiger partial charge on any atom is 0.227 e. The lowest BCUT2D eigenvalue weighted by Crippen LogP contribution is -2.28. The van der Waals surface area contributed by atoms with Gasteiger partial charge in [0.2, 0.25) is 5.91 Å². The molecule has 1 saturated carbocycles. The summed E-state index contributed by atoms with van der Waals surface area (Å²) in [6, 6.07) is 10.6. The molecule has 7 rings (SSSR count). The molecular weight excluding hydrogens is 529 g/mol. The van der Waals surface area contributed by atoms with E-state index in [0.717, 1.165) is 24.1 Å². The number of ketones is 1. The van der Waals surface area contributed by atoms with Crippen LogP contribution in [0.4, 0.5) is 10.1 Å². The van der Waals surface area contributed by atoms with Crippen molar-refractivity contribution in [1.29, 1.82) is 0 Å². The van der Waals surface area contributed by atoms with Gasteiger partial charge in [-0.25, -0.2) is 9.37 Å². The van der Waals surface area contributed by atoms with Crippen molar-refractivity contribution in [2.75, 3.05) is 5.32 Å². The van der Waals surface area contributed by atoms with E-state index in [-0.39, 0.29) is 23.0 Å². The minimum atomic E-state index is -0.478. The fourth-order valence-electron chi connectivity index (χ4n) is 4.92. The maximum absolute atomic E-state index is 16.1. The number of Topliss-reactive ketones (excluding diaryl/α,β-unsaturated/α-hetero) is 1. The van der Waals surface area contributed by atoms with Gasteiger partial charge in [-0.3, -0.25) is 24.7 Å². The highest BCUT2D eigenvalue weighted by molar-refractivity contribution is 7.17. The Morgan fingerprint density at radius 3 is 2.73 bits per heavy atom. The number of hydrogen-bond donors (Lipinski definition) is 3. The number of pyridine rings is 2. The molecule has 0 atom stereocenters. The zero-order chi connectivity index (χ0) is 27.4. The standard InChI is InChI=1S/C29H22FN7O2S/c1-14(38)21-7-8-22(40-21)26-25-20(9-10-32-26)34-28(35-25)27-23-19(36-37-27)6-5-18(24(23)30)16-11-17(13-31-12-16)33-29(39)15-3-2-4-15/h5-13,15H,2-4H2,1H3,(H,33,39)(H,34,35)(H,36,37). The number of fused-ring (bicyclic) bond motifs is 2. The summed E-state index contributed by atoms with van der Waals surface area (Å²) in [6.45, 7) is 1.53. The fourth-order valence-corrected chi connectivity index (χ4v) is 5.82. The number of thiophene rings is 1. The lowest BCUT2D eigenvalue weighted by atomic mass is 9.85. The number of hydrogen-bond acceptors (Lipinski definition) is 7. The topological polar surface area (TPSA) is 129 Å². The summed E-state index contributed by atoms with van der Waals surface area (Å²) >= 11 is 1.35. The van der Waals surface area contributed by atoms with Gasteiger partial charge in [-0.15, -0.1) is 11.3 Å². The van der Waals surface area contributed by atoms with Crippen LogP contribution in [0, 0.1) is 11.7 Å². The first-order chi connectivity index (χ1) is 19.5. The molecule has 1 fully saturated rings. The zero-order valence-corrected chi connectivity index (χ0v) is 22.1. The lowest BCUT2D eigenvalue weighted by molar-refractivity contribution is -0.122.